The maximum Gasteiger partial charge on any atom is 0.264 e. The number of nitrogens with one attached hydrogen (secondary N) is 1. The van der Waals surface area contributed by atoms with Crippen molar-refractivity contribution in [2.24, 2.45) is 7.05 Å². The summed E-state index contributed by atoms with van der Waals surface area (Å²) in [4.78, 5) is 16.8. The first kappa shape index (κ1) is 32.2. The van der Waals surface area contributed by atoms with Crippen LogP contribution >= 0.6 is 11.6 Å². The highest BCUT2D eigenvalue weighted by molar-refractivity contribution is 7.90. The molecule has 11 heteroatoms. The van der Waals surface area contributed by atoms with E-state index < -0.39 is 15.9 Å². The Morgan fingerprint density at radius 3 is 2.33 bits per heavy atom. The molecule has 0 saturated heterocycles. The zero-order valence-electron chi connectivity index (χ0n) is 26.4. The van der Waals surface area contributed by atoms with Crippen molar-refractivity contribution in [3.8, 4) is 16.9 Å². The standard InChI is InChI=1S/C34H38ClN5O4S/c1-21-19-26(20-22(2)33(21)35)44-18-8-11-28-24(4)40(17-14-31(41)38-45(42,43)27-12-15-36-16-13-27)34-29(28)9-7-10-30(34)32-23(3)37-39(6)25(32)5/h7,9-10,12-13,15-16,19-20H,8,11,14,17-18H2,1-6H3,(H,38,41). The molecule has 0 spiro atoms. The van der Waals surface area contributed by atoms with E-state index in [0.717, 1.165) is 73.9 Å². The van der Waals surface area contributed by atoms with Crippen molar-refractivity contribution in [3.63, 3.8) is 0 Å². The topological polar surface area (TPSA) is 108 Å². The Morgan fingerprint density at radius 2 is 1.69 bits per heavy atom. The predicted molar refractivity (Wildman–Crippen MR) is 177 cm³/mol. The van der Waals surface area contributed by atoms with E-state index >= 15 is 0 Å². The summed E-state index contributed by atoms with van der Waals surface area (Å²) in [6.07, 6.45) is 4.27. The summed E-state index contributed by atoms with van der Waals surface area (Å²) in [5.41, 5.74) is 9.19. The number of aromatic nitrogens is 4. The van der Waals surface area contributed by atoms with Gasteiger partial charge in [0.1, 0.15) is 5.75 Å². The monoisotopic (exact) mass is 647 g/mol. The number of rotatable bonds is 11. The van der Waals surface area contributed by atoms with Crippen LogP contribution in [-0.2, 0) is 34.8 Å². The van der Waals surface area contributed by atoms with Gasteiger partial charge in [0.15, 0.2) is 0 Å². The summed E-state index contributed by atoms with van der Waals surface area (Å²) in [6.45, 7) is 10.9. The van der Waals surface area contributed by atoms with Crippen molar-refractivity contribution in [2.45, 2.75) is 65.3 Å². The number of pyridine rings is 1. The first-order valence-corrected chi connectivity index (χ1v) is 16.7. The Hall–Kier alpha value is -4.15. The predicted octanol–water partition coefficient (Wildman–Crippen LogP) is 6.54. The van der Waals surface area contributed by atoms with Gasteiger partial charge < -0.3 is 9.30 Å². The number of hydrogen-bond donors (Lipinski definition) is 1. The van der Waals surface area contributed by atoms with Gasteiger partial charge in [-0.15, -0.1) is 0 Å². The van der Waals surface area contributed by atoms with Crippen LogP contribution in [0.4, 0.5) is 0 Å². The van der Waals surface area contributed by atoms with Crippen molar-refractivity contribution in [3.05, 3.63) is 93.7 Å². The van der Waals surface area contributed by atoms with Gasteiger partial charge in [0.05, 0.1) is 22.7 Å². The number of aryl methyl sites for hydroxylation is 6. The molecule has 1 amide bonds. The van der Waals surface area contributed by atoms with E-state index in [4.69, 9.17) is 16.3 Å². The number of hydrogen-bond acceptors (Lipinski definition) is 6. The normalized spacial score (nSPS) is 11.7. The summed E-state index contributed by atoms with van der Waals surface area (Å²) in [5, 5.41) is 6.50. The van der Waals surface area contributed by atoms with Crippen LogP contribution in [0.25, 0.3) is 22.0 Å². The quantitative estimate of drug-likeness (QED) is 0.163. The number of amides is 1. The van der Waals surface area contributed by atoms with E-state index in [9.17, 15) is 13.2 Å². The summed E-state index contributed by atoms with van der Waals surface area (Å²) >= 11 is 6.33. The van der Waals surface area contributed by atoms with Gasteiger partial charge in [0.2, 0.25) is 5.91 Å². The molecule has 0 unspecified atom stereocenters. The number of ether oxygens (including phenoxy) is 1. The van der Waals surface area contributed by atoms with Crippen molar-refractivity contribution < 1.29 is 17.9 Å². The van der Waals surface area contributed by atoms with Crippen molar-refractivity contribution in [1.82, 2.24) is 24.1 Å². The molecule has 0 aliphatic rings. The van der Waals surface area contributed by atoms with E-state index in [1.165, 1.54) is 30.1 Å². The molecule has 0 saturated carbocycles. The van der Waals surface area contributed by atoms with Crippen LogP contribution in [0, 0.1) is 34.6 Å². The molecule has 5 aromatic rings. The van der Waals surface area contributed by atoms with Gasteiger partial charge in [-0.05, 0) is 88.4 Å². The smallest absolute Gasteiger partial charge is 0.264 e. The van der Waals surface area contributed by atoms with Gasteiger partial charge in [-0.25, -0.2) is 13.1 Å². The molecule has 2 aromatic carbocycles. The number of carbonyl (C=O) groups is 1. The molecule has 0 radical (unpaired) electrons. The SMILES string of the molecule is Cc1cc(OCCCc2c(C)n(CCC(=O)NS(=O)(=O)c3ccncc3)c3c(-c4c(C)nn(C)c4C)cccc23)cc(C)c1Cl. The Bertz CT molecular complexity index is 1980. The number of sulfonamides is 1. The third kappa shape index (κ3) is 6.62. The van der Waals surface area contributed by atoms with E-state index in [2.05, 4.69) is 44.5 Å². The van der Waals surface area contributed by atoms with E-state index in [1.807, 2.05) is 51.6 Å². The molecular weight excluding hydrogens is 610 g/mol. The molecule has 0 bridgehead atoms. The number of benzene rings is 2. The summed E-state index contributed by atoms with van der Waals surface area (Å²) < 4.78 is 37.8. The third-order valence-corrected chi connectivity index (χ3v) is 10.3. The Labute approximate surface area is 269 Å². The van der Waals surface area contributed by atoms with Crippen LogP contribution in [0.15, 0.2) is 59.8 Å². The molecule has 45 heavy (non-hydrogen) atoms. The zero-order valence-corrected chi connectivity index (χ0v) is 28.0. The lowest BCUT2D eigenvalue weighted by Gasteiger charge is -2.13. The van der Waals surface area contributed by atoms with E-state index in [1.54, 1.807) is 0 Å². The average Bonchev–Trinajstić information content (AvgIpc) is 3.42. The first-order chi connectivity index (χ1) is 21.4. The fraction of sp³-hybridized carbons (Fsp3) is 0.324. The lowest BCUT2D eigenvalue weighted by Crippen LogP contribution is -2.31. The van der Waals surface area contributed by atoms with Gasteiger partial charge in [-0.1, -0.05) is 29.8 Å². The van der Waals surface area contributed by atoms with E-state index in [0.29, 0.717) is 13.2 Å². The van der Waals surface area contributed by atoms with Crippen LogP contribution < -0.4 is 9.46 Å². The second-order valence-corrected chi connectivity index (χ2v) is 13.4. The summed E-state index contributed by atoms with van der Waals surface area (Å²) in [6, 6.07) is 12.9. The molecule has 0 aliphatic carbocycles. The van der Waals surface area contributed by atoms with Gasteiger partial charge in [-0.2, -0.15) is 5.10 Å². The minimum Gasteiger partial charge on any atom is -0.494 e. The molecule has 0 fully saturated rings. The highest BCUT2D eigenvalue weighted by Crippen LogP contribution is 2.37. The lowest BCUT2D eigenvalue weighted by molar-refractivity contribution is -0.119. The van der Waals surface area contributed by atoms with Crippen LogP contribution in [0.5, 0.6) is 5.75 Å². The Balaban J connectivity index is 1.44. The zero-order chi connectivity index (χ0) is 32.5. The van der Waals surface area contributed by atoms with Crippen molar-refractivity contribution in [1.29, 1.82) is 0 Å². The molecule has 0 atom stereocenters. The molecule has 3 aromatic heterocycles. The average molecular weight is 648 g/mol. The highest BCUT2D eigenvalue weighted by atomic mass is 35.5. The summed E-state index contributed by atoms with van der Waals surface area (Å²) in [5.74, 6) is 0.217. The molecule has 0 aliphatic heterocycles. The molecule has 1 N–H and O–H groups in total. The maximum atomic E-state index is 13.0. The molecule has 3 heterocycles. The van der Waals surface area contributed by atoms with Gasteiger partial charge in [0.25, 0.3) is 10.0 Å². The third-order valence-electron chi connectivity index (χ3n) is 8.27. The fourth-order valence-corrected chi connectivity index (χ4v) is 7.09. The van der Waals surface area contributed by atoms with Crippen molar-refractivity contribution >= 4 is 38.4 Å². The number of halogens is 1. The second-order valence-electron chi connectivity index (χ2n) is 11.4. The first-order valence-electron chi connectivity index (χ1n) is 14.9. The van der Waals surface area contributed by atoms with Crippen LogP contribution in [0.2, 0.25) is 5.02 Å². The van der Waals surface area contributed by atoms with Gasteiger partial charge in [0, 0.05) is 65.3 Å². The lowest BCUT2D eigenvalue weighted by atomic mass is 9.98. The van der Waals surface area contributed by atoms with Gasteiger partial charge in [-0.3, -0.25) is 14.5 Å². The van der Waals surface area contributed by atoms with E-state index in [-0.39, 0.29) is 11.3 Å². The minimum absolute atomic E-state index is 0.00770. The fourth-order valence-electron chi connectivity index (χ4n) is 5.98. The van der Waals surface area contributed by atoms with Crippen LogP contribution in [-0.4, -0.2) is 40.3 Å². The van der Waals surface area contributed by atoms with Crippen LogP contribution in [0.3, 0.4) is 0 Å². The molecule has 5 rings (SSSR count). The molecular formula is C34H38ClN5O4S. The second kappa shape index (κ2) is 13.1. The number of carbonyl (C=O) groups excluding carboxylic acids is 1. The largest absolute Gasteiger partial charge is 0.494 e. The molecule has 236 valence electrons. The Kier molecular flexibility index (Phi) is 9.36. The van der Waals surface area contributed by atoms with Crippen molar-refractivity contribution in [2.75, 3.05) is 6.61 Å². The minimum atomic E-state index is -4.00. The maximum absolute atomic E-state index is 13.0. The summed E-state index contributed by atoms with van der Waals surface area (Å²) in [7, 11) is -2.07. The molecule has 9 nitrogen and oxygen atoms in total. The van der Waals surface area contributed by atoms with Gasteiger partial charge >= 0.3 is 0 Å². The highest BCUT2D eigenvalue weighted by Gasteiger charge is 2.23. The number of nitrogens with zero attached hydrogens (tertiary/aromatic N) is 4. The van der Waals surface area contributed by atoms with Crippen LogP contribution in [0.1, 0.15) is 46.6 Å². The number of para-hydroxylation sites is 1. The Morgan fingerprint density at radius 1 is 1.00 bits per heavy atom. The number of fused-ring (bicyclic) bond motifs is 1.